The smallest absolute Gasteiger partial charge is 0.259 e. The average Bonchev–Trinajstić information content (AvgIpc) is 3.66. The van der Waals surface area contributed by atoms with Gasteiger partial charge >= 0.3 is 0 Å². The summed E-state index contributed by atoms with van der Waals surface area (Å²) in [6, 6.07) is 7.32. The maximum Gasteiger partial charge on any atom is 0.259 e. The second-order valence-corrected chi connectivity index (χ2v) is 8.52. The summed E-state index contributed by atoms with van der Waals surface area (Å²) < 4.78 is 24.1. The first kappa shape index (κ1) is 20.0. The molecule has 3 aliphatic heterocycles. The van der Waals surface area contributed by atoms with Crippen molar-refractivity contribution in [3.8, 4) is 23.0 Å². The standard InChI is InChI=1S/C25H19N3O7/c29-3-1-2-28-9-15(13-5-19-21(7-17(13)28)35-11-33-19)23-22(24(30)27-25(23)31)14-8-26-16-6-20-18(4-12(14)16)32-10-34-20/h4-9,26,29H,1-3,10-11H2,(H,27,30,31). The summed E-state index contributed by atoms with van der Waals surface area (Å²) in [5.41, 5.74) is 3.33. The Morgan fingerprint density at radius 1 is 0.829 bits per heavy atom. The van der Waals surface area contributed by atoms with Crippen molar-refractivity contribution in [3.05, 3.63) is 47.8 Å². The minimum absolute atomic E-state index is 0.0257. The van der Waals surface area contributed by atoms with Crippen LogP contribution in [0.25, 0.3) is 33.0 Å². The quantitative estimate of drug-likeness (QED) is 0.381. The SMILES string of the molecule is O=C1NC(=O)C(c2cn(CCCO)c3cc4c(cc23)OCO4)=C1c1c[nH]c2cc3c(cc12)OCO3. The molecule has 0 saturated heterocycles. The van der Waals surface area contributed by atoms with Crippen molar-refractivity contribution in [2.75, 3.05) is 20.2 Å². The van der Waals surface area contributed by atoms with Gasteiger partial charge in [-0.3, -0.25) is 14.9 Å². The number of aromatic amines is 1. The molecule has 0 aliphatic carbocycles. The third kappa shape index (κ3) is 2.86. The van der Waals surface area contributed by atoms with Crippen LogP contribution in [0.1, 0.15) is 17.5 Å². The number of carbonyl (C=O) groups excluding carboxylic acids is 2. The minimum Gasteiger partial charge on any atom is -0.454 e. The van der Waals surface area contributed by atoms with Gasteiger partial charge in [0, 0.05) is 65.1 Å². The Morgan fingerprint density at radius 3 is 2.17 bits per heavy atom. The largest absolute Gasteiger partial charge is 0.454 e. The number of hydrogen-bond acceptors (Lipinski definition) is 7. The van der Waals surface area contributed by atoms with E-state index in [1.165, 1.54) is 0 Å². The van der Waals surface area contributed by atoms with Gasteiger partial charge in [-0.05, 0) is 18.6 Å². The number of aromatic nitrogens is 2. The maximum atomic E-state index is 13.2. The Hall–Kier alpha value is -4.44. The van der Waals surface area contributed by atoms with Crippen LogP contribution in [0.3, 0.4) is 0 Å². The van der Waals surface area contributed by atoms with Crippen LogP contribution >= 0.6 is 0 Å². The van der Waals surface area contributed by atoms with Gasteiger partial charge in [-0.2, -0.15) is 0 Å². The summed E-state index contributed by atoms with van der Waals surface area (Å²) in [5, 5.41) is 13.3. The van der Waals surface area contributed by atoms with Crippen LogP contribution in [0, 0.1) is 0 Å². The van der Waals surface area contributed by atoms with E-state index in [0.717, 1.165) is 21.8 Å². The van der Waals surface area contributed by atoms with Gasteiger partial charge < -0.3 is 33.6 Å². The van der Waals surface area contributed by atoms with Gasteiger partial charge in [0.2, 0.25) is 13.6 Å². The number of carbonyl (C=O) groups is 2. The van der Waals surface area contributed by atoms with Gasteiger partial charge in [0.25, 0.3) is 11.8 Å². The van der Waals surface area contributed by atoms with Gasteiger partial charge in [0.15, 0.2) is 23.0 Å². The third-order valence-electron chi connectivity index (χ3n) is 6.58. The molecule has 0 saturated carbocycles. The molecule has 0 atom stereocenters. The second-order valence-electron chi connectivity index (χ2n) is 8.52. The number of H-pyrrole nitrogens is 1. The second kappa shape index (κ2) is 7.28. The van der Waals surface area contributed by atoms with E-state index in [0.29, 0.717) is 47.1 Å². The van der Waals surface area contributed by atoms with Crippen molar-refractivity contribution in [2.45, 2.75) is 13.0 Å². The molecule has 3 N–H and O–H groups in total. The number of benzene rings is 2. The molecule has 3 aliphatic rings. The zero-order valence-corrected chi connectivity index (χ0v) is 18.3. The number of aliphatic hydroxyl groups is 1. The molecule has 35 heavy (non-hydrogen) atoms. The summed E-state index contributed by atoms with van der Waals surface area (Å²) in [6.45, 7) is 0.805. The number of nitrogens with one attached hydrogen (secondary N) is 2. The molecule has 5 heterocycles. The Balaban J connectivity index is 1.48. The number of aryl methyl sites for hydroxylation is 1. The summed E-state index contributed by atoms with van der Waals surface area (Å²) in [5.74, 6) is 1.44. The monoisotopic (exact) mass is 473 g/mol. The van der Waals surface area contributed by atoms with Crippen LogP contribution in [0.2, 0.25) is 0 Å². The normalized spacial score (nSPS) is 16.3. The fraction of sp³-hybridized carbons (Fsp3) is 0.200. The van der Waals surface area contributed by atoms with Gasteiger partial charge in [-0.15, -0.1) is 0 Å². The van der Waals surface area contributed by atoms with Gasteiger partial charge in [-0.1, -0.05) is 0 Å². The van der Waals surface area contributed by atoms with Gasteiger partial charge in [0.05, 0.1) is 16.7 Å². The number of fused-ring (bicyclic) bond motifs is 4. The van der Waals surface area contributed by atoms with E-state index in [9.17, 15) is 14.7 Å². The number of amides is 2. The number of nitrogens with zero attached hydrogens (tertiary/aromatic N) is 1. The molecular weight excluding hydrogens is 454 g/mol. The number of aliphatic hydroxyl groups excluding tert-OH is 1. The third-order valence-corrected chi connectivity index (χ3v) is 6.58. The molecule has 4 aromatic rings. The molecule has 7 rings (SSSR count). The summed E-state index contributed by atoms with van der Waals surface area (Å²) in [4.78, 5) is 29.4. The van der Waals surface area contributed by atoms with Crippen LogP contribution < -0.4 is 24.3 Å². The maximum absolute atomic E-state index is 13.2. The number of imide groups is 1. The van der Waals surface area contributed by atoms with Gasteiger partial charge in [-0.25, -0.2) is 0 Å². The minimum atomic E-state index is -0.473. The van der Waals surface area contributed by atoms with Crippen LogP contribution in [-0.4, -0.2) is 46.7 Å². The van der Waals surface area contributed by atoms with Crippen LogP contribution in [0.4, 0.5) is 0 Å². The lowest BCUT2D eigenvalue weighted by Gasteiger charge is -2.04. The van der Waals surface area contributed by atoms with Crippen LogP contribution in [-0.2, 0) is 16.1 Å². The van der Waals surface area contributed by atoms with Crippen LogP contribution in [0.15, 0.2) is 36.7 Å². The molecule has 0 radical (unpaired) electrons. The van der Waals surface area contributed by atoms with E-state index < -0.39 is 11.8 Å². The van der Waals surface area contributed by atoms with E-state index >= 15 is 0 Å². The lowest BCUT2D eigenvalue weighted by molar-refractivity contribution is -0.122. The van der Waals surface area contributed by atoms with E-state index in [-0.39, 0.29) is 31.3 Å². The number of ether oxygens (including phenoxy) is 4. The Bertz CT molecular complexity index is 1610. The topological polar surface area (TPSA) is 124 Å². The first-order valence-electron chi connectivity index (χ1n) is 11.2. The molecule has 0 fully saturated rings. The summed E-state index contributed by atoms with van der Waals surface area (Å²) in [7, 11) is 0. The molecule has 10 nitrogen and oxygen atoms in total. The van der Waals surface area contributed by atoms with E-state index in [2.05, 4.69) is 10.3 Å². The summed E-state index contributed by atoms with van der Waals surface area (Å²) >= 11 is 0. The Morgan fingerprint density at radius 2 is 1.46 bits per heavy atom. The van der Waals surface area contributed by atoms with E-state index in [1.807, 2.05) is 35.0 Å². The van der Waals surface area contributed by atoms with Crippen molar-refractivity contribution in [3.63, 3.8) is 0 Å². The predicted octanol–water partition coefficient (Wildman–Crippen LogP) is 2.53. The zero-order valence-electron chi connectivity index (χ0n) is 18.3. The summed E-state index contributed by atoms with van der Waals surface area (Å²) in [6.07, 6.45) is 4.09. The average molecular weight is 473 g/mol. The molecule has 10 heteroatoms. The fourth-order valence-corrected chi connectivity index (χ4v) is 4.99. The zero-order chi connectivity index (χ0) is 23.7. The van der Waals surface area contributed by atoms with Crippen molar-refractivity contribution >= 4 is 44.8 Å². The molecule has 0 bridgehead atoms. The van der Waals surface area contributed by atoms with Crippen molar-refractivity contribution in [1.82, 2.24) is 14.9 Å². The molecule has 0 spiro atoms. The first-order chi connectivity index (χ1) is 17.1. The molecule has 176 valence electrons. The first-order valence-corrected chi connectivity index (χ1v) is 11.2. The highest BCUT2D eigenvalue weighted by Gasteiger charge is 2.36. The highest BCUT2D eigenvalue weighted by molar-refractivity contribution is 6.50. The van der Waals surface area contributed by atoms with E-state index in [1.54, 1.807) is 6.20 Å². The number of rotatable bonds is 5. The number of hydrogen-bond donors (Lipinski definition) is 3. The molecule has 2 aromatic carbocycles. The van der Waals surface area contributed by atoms with E-state index in [4.69, 9.17) is 18.9 Å². The van der Waals surface area contributed by atoms with Crippen LogP contribution in [0.5, 0.6) is 23.0 Å². The lowest BCUT2D eigenvalue weighted by Crippen LogP contribution is -2.22. The molecule has 0 unspecified atom stereocenters. The Kier molecular flexibility index (Phi) is 4.15. The Labute approximate surface area is 197 Å². The van der Waals surface area contributed by atoms with Crippen molar-refractivity contribution in [1.29, 1.82) is 0 Å². The molecule has 2 amide bonds. The van der Waals surface area contributed by atoms with Crippen molar-refractivity contribution in [2.24, 2.45) is 0 Å². The fourth-order valence-electron chi connectivity index (χ4n) is 4.99. The predicted molar refractivity (Wildman–Crippen MR) is 124 cm³/mol. The van der Waals surface area contributed by atoms with Gasteiger partial charge in [0.1, 0.15) is 0 Å². The molecule has 2 aromatic heterocycles. The lowest BCUT2D eigenvalue weighted by atomic mass is 9.95. The molecular formula is C25H19N3O7. The highest BCUT2D eigenvalue weighted by Crippen LogP contribution is 2.44. The van der Waals surface area contributed by atoms with Crippen molar-refractivity contribution < 1.29 is 33.6 Å². The highest BCUT2D eigenvalue weighted by atomic mass is 16.7.